The molecule has 0 spiro atoms. The number of hydrogen-bond donors (Lipinski definition) is 0. The van der Waals surface area contributed by atoms with Crippen LogP contribution in [0.25, 0.3) is 0 Å². The van der Waals surface area contributed by atoms with E-state index in [0.717, 1.165) is 29.3 Å². The second-order valence-electron chi connectivity index (χ2n) is 6.35. The van der Waals surface area contributed by atoms with Crippen LogP contribution >= 0.6 is 15.9 Å². The Morgan fingerprint density at radius 3 is 2.55 bits per heavy atom. The summed E-state index contributed by atoms with van der Waals surface area (Å²) in [7, 11) is 4.11. The van der Waals surface area contributed by atoms with Gasteiger partial charge in [0.1, 0.15) is 0 Å². The van der Waals surface area contributed by atoms with Gasteiger partial charge in [-0.2, -0.15) is 0 Å². The number of hydrogen-bond acceptors (Lipinski definition) is 2. The van der Waals surface area contributed by atoms with E-state index in [1.807, 2.05) is 24.3 Å². The first kappa shape index (κ1) is 15.7. The zero-order chi connectivity index (χ0) is 14.8. The van der Waals surface area contributed by atoms with Gasteiger partial charge in [-0.15, -0.1) is 0 Å². The first-order chi connectivity index (χ1) is 9.44. The fourth-order valence-electron chi connectivity index (χ4n) is 3.38. The molecule has 0 N–H and O–H groups in total. The van der Waals surface area contributed by atoms with E-state index in [9.17, 15) is 4.79 Å². The predicted molar refractivity (Wildman–Crippen MR) is 86.9 cm³/mol. The molecule has 0 aliphatic heterocycles. The van der Waals surface area contributed by atoms with E-state index in [2.05, 4.69) is 41.8 Å². The number of halogens is 1. The van der Waals surface area contributed by atoms with Crippen molar-refractivity contribution in [2.24, 2.45) is 5.92 Å². The maximum Gasteiger partial charge on any atom is 0.157 e. The van der Waals surface area contributed by atoms with Crippen molar-refractivity contribution in [2.75, 3.05) is 14.1 Å². The molecule has 1 aromatic rings. The van der Waals surface area contributed by atoms with Gasteiger partial charge in [0.15, 0.2) is 5.78 Å². The van der Waals surface area contributed by atoms with Crippen molar-refractivity contribution < 1.29 is 4.79 Å². The molecule has 1 aliphatic carbocycles. The van der Waals surface area contributed by atoms with Gasteiger partial charge in [0.2, 0.25) is 0 Å². The first-order valence-corrected chi connectivity index (χ1v) is 8.18. The van der Waals surface area contributed by atoms with E-state index in [0.29, 0.717) is 18.1 Å². The summed E-state index contributed by atoms with van der Waals surface area (Å²) in [5.41, 5.74) is 0.850. The number of carbonyl (C=O) groups is 1. The molecule has 1 fully saturated rings. The topological polar surface area (TPSA) is 20.3 Å². The third-order valence-corrected chi connectivity index (χ3v) is 5.16. The fourth-order valence-corrected chi connectivity index (χ4v) is 3.65. The maximum absolute atomic E-state index is 12.9. The van der Waals surface area contributed by atoms with E-state index >= 15 is 0 Å². The molecule has 0 saturated heterocycles. The molecule has 110 valence electrons. The number of carbonyl (C=O) groups excluding carboxylic acids is 1. The van der Waals surface area contributed by atoms with Crippen molar-refractivity contribution in [1.29, 1.82) is 0 Å². The Hall–Kier alpha value is -0.670. The van der Waals surface area contributed by atoms with Gasteiger partial charge < -0.3 is 0 Å². The van der Waals surface area contributed by atoms with E-state index in [1.165, 1.54) is 6.42 Å². The lowest BCUT2D eigenvalue weighted by molar-refractivity contribution is -0.132. The minimum atomic E-state index is -0.259. The zero-order valence-corrected chi connectivity index (χ0v) is 14.2. The first-order valence-electron chi connectivity index (χ1n) is 7.39. The second-order valence-corrected chi connectivity index (χ2v) is 7.27. The number of benzene rings is 1. The number of likely N-dealkylation sites (N-methyl/N-ethyl adjacent to an activating group) is 1. The quantitative estimate of drug-likeness (QED) is 0.825. The van der Waals surface area contributed by atoms with Gasteiger partial charge in [-0.05, 0) is 50.6 Å². The smallest absolute Gasteiger partial charge is 0.157 e. The van der Waals surface area contributed by atoms with Gasteiger partial charge in [-0.25, -0.2) is 0 Å². The summed E-state index contributed by atoms with van der Waals surface area (Å²) in [6.45, 7) is 2.27. The van der Waals surface area contributed by atoms with Crippen LogP contribution in [0.15, 0.2) is 28.7 Å². The van der Waals surface area contributed by atoms with Gasteiger partial charge >= 0.3 is 0 Å². The van der Waals surface area contributed by atoms with Gasteiger partial charge in [-0.1, -0.05) is 47.8 Å². The van der Waals surface area contributed by atoms with Crippen LogP contribution in [0.1, 0.15) is 38.2 Å². The Bertz CT molecular complexity index is 468. The third kappa shape index (κ3) is 3.32. The highest BCUT2D eigenvalue weighted by atomic mass is 79.9. The van der Waals surface area contributed by atoms with Gasteiger partial charge in [0.25, 0.3) is 0 Å². The van der Waals surface area contributed by atoms with Crippen molar-refractivity contribution >= 4 is 21.7 Å². The van der Waals surface area contributed by atoms with Crippen LogP contribution < -0.4 is 0 Å². The van der Waals surface area contributed by atoms with Crippen LogP contribution in [0.2, 0.25) is 0 Å². The third-order valence-electron chi connectivity index (χ3n) is 4.63. The molecule has 0 bridgehead atoms. The van der Waals surface area contributed by atoms with Crippen LogP contribution in [0.4, 0.5) is 0 Å². The predicted octanol–water partition coefficient (Wildman–Crippen LogP) is 4.07. The van der Waals surface area contributed by atoms with E-state index in [-0.39, 0.29) is 5.54 Å². The molecule has 2 nitrogen and oxygen atoms in total. The number of rotatable bonds is 4. The lowest BCUT2D eigenvalue weighted by atomic mass is 9.72. The van der Waals surface area contributed by atoms with E-state index in [4.69, 9.17) is 0 Å². The Labute approximate surface area is 130 Å². The van der Waals surface area contributed by atoms with Crippen molar-refractivity contribution in [3.05, 3.63) is 34.3 Å². The summed E-state index contributed by atoms with van der Waals surface area (Å²) < 4.78 is 1.06. The molecule has 0 amide bonds. The number of nitrogens with zero attached hydrogens (tertiary/aromatic N) is 1. The molecule has 2 atom stereocenters. The monoisotopic (exact) mass is 337 g/mol. The lowest BCUT2D eigenvalue weighted by Crippen LogP contribution is -2.54. The highest BCUT2D eigenvalue weighted by Crippen LogP contribution is 2.37. The molecule has 0 aromatic heterocycles. The van der Waals surface area contributed by atoms with Gasteiger partial charge in [0, 0.05) is 10.9 Å². The van der Waals surface area contributed by atoms with Gasteiger partial charge in [-0.3, -0.25) is 9.69 Å². The highest BCUT2D eigenvalue weighted by Gasteiger charge is 2.42. The average molecular weight is 338 g/mol. The Balaban J connectivity index is 2.17. The maximum atomic E-state index is 12.9. The summed E-state index contributed by atoms with van der Waals surface area (Å²) in [6, 6.07) is 8.10. The Morgan fingerprint density at radius 2 is 2.00 bits per heavy atom. The molecule has 1 saturated carbocycles. The van der Waals surface area contributed by atoms with Crippen LogP contribution in [0.3, 0.4) is 0 Å². The van der Waals surface area contributed by atoms with Crippen molar-refractivity contribution in [2.45, 2.75) is 44.6 Å². The van der Waals surface area contributed by atoms with E-state index < -0.39 is 0 Å². The van der Waals surface area contributed by atoms with Crippen LogP contribution in [-0.2, 0) is 11.2 Å². The summed E-state index contributed by atoms with van der Waals surface area (Å²) in [6.07, 6.45) is 4.94. The molecule has 1 aromatic carbocycles. The van der Waals surface area contributed by atoms with E-state index in [1.54, 1.807) is 0 Å². The second kappa shape index (κ2) is 6.40. The zero-order valence-electron chi connectivity index (χ0n) is 12.7. The molecular formula is C17H24BrNO. The Morgan fingerprint density at radius 1 is 1.35 bits per heavy atom. The lowest BCUT2D eigenvalue weighted by Gasteiger charge is -2.44. The molecule has 1 aliphatic rings. The number of Topliss-reactive ketones (excluding diaryl/α,β-unsaturated/α-hetero) is 1. The standard InChI is InChI=1S/C17H24BrNO/c1-13-5-4-10-17(12-13,19(2)3)16(20)11-14-6-8-15(18)9-7-14/h6-9,13H,4-5,10-12H2,1-3H3. The molecule has 0 radical (unpaired) electrons. The average Bonchev–Trinajstić information content (AvgIpc) is 2.41. The summed E-state index contributed by atoms with van der Waals surface area (Å²) in [5, 5.41) is 0. The largest absolute Gasteiger partial charge is 0.297 e. The summed E-state index contributed by atoms with van der Waals surface area (Å²) in [5.74, 6) is 1.01. The van der Waals surface area contributed by atoms with Crippen molar-refractivity contribution in [3.63, 3.8) is 0 Å². The van der Waals surface area contributed by atoms with Crippen molar-refractivity contribution in [1.82, 2.24) is 4.90 Å². The Kier molecular flexibility index (Phi) is 5.03. The minimum Gasteiger partial charge on any atom is -0.297 e. The van der Waals surface area contributed by atoms with Crippen LogP contribution in [0, 0.1) is 5.92 Å². The van der Waals surface area contributed by atoms with Crippen LogP contribution in [0.5, 0.6) is 0 Å². The summed E-state index contributed by atoms with van der Waals surface area (Å²) in [4.78, 5) is 15.1. The SMILES string of the molecule is CC1CCCC(C(=O)Cc2ccc(Br)cc2)(N(C)C)C1. The molecule has 0 heterocycles. The highest BCUT2D eigenvalue weighted by molar-refractivity contribution is 9.10. The molecule has 3 heteroatoms. The van der Waals surface area contributed by atoms with Crippen molar-refractivity contribution in [3.8, 4) is 0 Å². The fraction of sp³-hybridized carbons (Fsp3) is 0.588. The molecular weight excluding hydrogens is 314 g/mol. The minimum absolute atomic E-state index is 0.259. The molecule has 20 heavy (non-hydrogen) atoms. The normalized spacial score (nSPS) is 26.8. The number of ketones is 1. The summed E-state index contributed by atoms with van der Waals surface area (Å²) >= 11 is 3.44. The molecule has 2 unspecified atom stereocenters. The van der Waals surface area contributed by atoms with Crippen LogP contribution in [-0.4, -0.2) is 30.3 Å². The molecule has 2 rings (SSSR count). The van der Waals surface area contributed by atoms with Gasteiger partial charge in [0.05, 0.1) is 5.54 Å².